The number of ether oxygens (including phenoxy) is 1. The number of aromatic nitrogens is 1. The van der Waals surface area contributed by atoms with Crippen LogP contribution >= 0.6 is 0 Å². The Labute approximate surface area is 113 Å². The number of hydrogen-bond acceptors (Lipinski definition) is 2. The van der Waals surface area contributed by atoms with Crippen LogP contribution in [0.4, 0.5) is 0 Å². The van der Waals surface area contributed by atoms with E-state index in [0.717, 1.165) is 16.7 Å². The number of fused-ring (bicyclic) bond motifs is 1. The maximum atomic E-state index is 11.8. The van der Waals surface area contributed by atoms with E-state index in [9.17, 15) is 4.79 Å². The number of benzene rings is 1. The quantitative estimate of drug-likeness (QED) is 0.846. The molecule has 4 nitrogen and oxygen atoms in total. The zero-order valence-electron chi connectivity index (χ0n) is 11.9. The first-order valence-corrected chi connectivity index (χ1v) is 6.43. The molecule has 0 bridgehead atoms. The minimum atomic E-state index is 0.0766. The van der Waals surface area contributed by atoms with Gasteiger partial charge in [0, 0.05) is 25.7 Å². The van der Waals surface area contributed by atoms with Gasteiger partial charge in [-0.2, -0.15) is 0 Å². The fraction of sp³-hybridized carbons (Fsp3) is 0.400. The number of carbonyl (C=O) groups is 1. The van der Waals surface area contributed by atoms with Gasteiger partial charge in [-0.05, 0) is 32.0 Å². The van der Waals surface area contributed by atoms with Crippen LogP contribution in [0.5, 0.6) is 5.75 Å². The molecule has 0 unspecified atom stereocenters. The molecule has 0 saturated heterocycles. The van der Waals surface area contributed by atoms with Crippen molar-refractivity contribution in [1.29, 1.82) is 0 Å². The summed E-state index contributed by atoms with van der Waals surface area (Å²) in [7, 11) is 3.53. The Hall–Kier alpha value is -1.97. The molecule has 2 aromatic rings. The van der Waals surface area contributed by atoms with Crippen molar-refractivity contribution in [2.24, 2.45) is 0 Å². The lowest BCUT2D eigenvalue weighted by molar-refractivity contribution is -0.129. The summed E-state index contributed by atoms with van der Waals surface area (Å²) in [5, 5.41) is 1.04. The smallest absolute Gasteiger partial charge is 0.241 e. The molecule has 0 fully saturated rings. The van der Waals surface area contributed by atoms with E-state index in [0.29, 0.717) is 6.54 Å². The van der Waals surface area contributed by atoms with E-state index in [1.165, 1.54) is 0 Å². The molecular formula is C15H20N2O2. The normalized spacial score (nSPS) is 11.0. The largest absolute Gasteiger partial charge is 0.490 e. The van der Waals surface area contributed by atoms with Crippen molar-refractivity contribution in [1.82, 2.24) is 9.47 Å². The van der Waals surface area contributed by atoms with Gasteiger partial charge in [0.25, 0.3) is 0 Å². The number of nitrogens with zero attached hydrogens (tertiary/aromatic N) is 2. The number of amides is 1. The summed E-state index contributed by atoms with van der Waals surface area (Å²) in [6, 6.07) is 7.92. The highest BCUT2D eigenvalue weighted by Gasteiger charge is 2.11. The van der Waals surface area contributed by atoms with Gasteiger partial charge < -0.3 is 14.2 Å². The first kappa shape index (κ1) is 13.5. The summed E-state index contributed by atoms with van der Waals surface area (Å²) < 4.78 is 7.73. The summed E-state index contributed by atoms with van der Waals surface area (Å²) in [5.41, 5.74) is 1.02. The van der Waals surface area contributed by atoms with Crippen molar-refractivity contribution in [3.8, 4) is 5.75 Å². The van der Waals surface area contributed by atoms with E-state index < -0.39 is 0 Å². The van der Waals surface area contributed by atoms with Gasteiger partial charge in [0.05, 0.1) is 11.6 Å². The van der Waals surface area contributed by atoms with Crippen LogP contribution in [0.1, 0.15) is 13.8 Å². The van der Waals surface area contributed by atoms with E-state index in [1.54, 1.807) is 19.0 Å². The summed E-state index contributed by atoms with van der Waals surface area (Å²) >= 11 is 0. The molecule has 0 atom stereocenters. The second-order valence-corrected chi connectivity index (χ2v) is 5.09. The highest BCUT2D eigenvalue weighted by atomic mass is 16.5. The van der Waals surface area contributed by atoms with Gasteiger partial charge in [-0.15, -0.1) is 0 Å². The Kier molecular flexibility index (Phi) is 3.79. The Morgan fingerprint density at radius 1 is 1.32 bits per heavy atom. The minimum Gasteiger partial charge on any atom is -0.490 e. The average molecular weight is 260 g/mol. The van der Waals surface area contributed by atoms with Gasteiger partial charge in [-0.25, -0.2) is 0 Å². The Morgan fingerprint density at radius 2 is 2.05 bits per heavy atom. The highest BCUT2D eigenvalue weighted by molar-refractivity contribution is 5.88. The molecule has 1 aromatic heterocycles. The number of carbonyl (C=O) groups excluding carboxylic acids is 1. The molecule has 1 aromatic carbocycles. The summed E-state index contributed by atoms with van der Waals surface area (Å²) in [5.74, 6) is 0.941. The van der Waals surface area contributed by atoms with Crippen molar-refractivity contribution in [3.63, 3.8) is 0 Å². The second kappa shape index (κ2) is 5.34. The minimum absolute atomic E-state index is 0.0766. The molecule has 1 amide bonds. The average Bonchev–Trinajstić information content (AvgIpc) is 2.73. The van der Waals surface area contributed by atoms with Crippen LogP contribution in [0.3, 0.4) is 0 Å². The molecule has 0 N–H and O–H groups in total. The summed E-state index contributed by atoms with van der Waals surface area (Å²) in [6.45, 7) is 4.36. The van der Waals surface area contributed by atoms with Crippen LogP contribution in [0.15, 0.2) is 30.5 Å². The second-order valence-electron chi connectivity index (χ2n) is 5.09. The van der Waals surface area contributed by atoms with Crippen LogP contribution < -0.4 is 4.74 Å². The fourth-order valence-electron chi connectivity index (χ4n) is 1.98. The fourth-order valence-corrected chi connectivity index (χ4v) is 1.98. The molecule has 1 heterocycles. The number of likely N-dealkylation sites (N-methyl/N-ethyl adjacent to an activating group) is 1. The maximum Gasteiger partial charge on any atom is 0.241 e. The predicted octanol–water partition coefficient (Wildman–Crippen LogP) is 2.52. The Bertz CT molecular complexity index is 585. The van der Waals surface area contributed by atoms with Crippen molar-refractivity contribution in [2.75, 3.05) is 14.1 Å². The van der Waals surface area contributed by atoms with Crippen LogP contribution in [-0.2, 0) is 11.3 Å². The van der Waals surface area contributed by atoms with Gasteiger partial charge >= 0.3 is 0 Å². The van der Waals surface area contributed by atoms with Crippen LogP contribution in [0, 0.1) is 0 Å². The third-order valence-electron chi connectivity index (χ3n) is 2.94. The van der Waals surface area contributed by atoms with Crippen LogP contribution in [0.25, 0.3) is 10.9 Å². The molecule has 0 saturated carbocycles. The van der Waals surface area contributed by atoms with E-state index in [-0.39, 0.29) is 12.0 Å². The third-order valence-corrected chi connectivity index (χ3v) is 2.94. The summed E-state index contributed by atoms with van der Waals surface area (Å²) in [4.78, 5) is 13.4. The molecule has 0 aliphatic carbocycles. The SMILES string of the molecule is CC(C)Oc1cccc2c1ccn2CC(=O)N(C)C. The molecule has 0 aliphatic rings. The van der Waals surface area contributed by atoms with E-state index in [4.69, 9.17) is 4.74 Å². The number of rotatable bonds is 4. The molecule has 0 spiro atoms. The molecule has 4 heteroatoms. The zero-order valence-corrected chi connectivity index (χ0v) is 11.9. The molecular weight excluding hydrogens is 240 g/mol. The van der Waals surface area contributed by atoms with Crippen LogP contribution in [0.2, 0.25) is 0 Å². The van der Waals surface area contributed by atoms with Gasteiger partial charge in [0.15, 0.2) is 0 Å². The van der Waals surface area contributed by atoms with Crippen molar-refractivity contribution in [2.45, 2.75) is 26.5 Å². The first-order valence-electron chi connectivity index (χ1n) is 6.43. The van der Waals surface area contributed by atoms with Crippen molar-refractivity contribution in [3.05, 3.63) is 30.5 Å². The lowest BCUT2D eigenvalue weighted by atomic mass is 10.2. The van der Waals surface area contributed by atoms with E-state index in [1.807, 2.05) is 48.9 Å². The predicted molar refractivity (Wildman–Crippen MR) is 76.4 cm³/mol. The highest BCUT2D eigenvalue weighted by Crippen LogP contribution is 2.27. The molecule has 0 radical (unpaired) electrons. The first-order chi connectivity index (χ1) is 8.99. The van der Waals surface area contributed by atoms with Gasteiger partial charge in [-0.1, -0.05) is 6.07 Å². The van der Waals surface area contributed by atoms with E-state index in [2.05, 4.69) is 0 Å². The standard InChI is InChI=1S/C15H20N2O2/c1-11(2)19-14-7-5-6-13-12(14)8-9-17(13)10-15(18)16(3)4/h5-9,11H,10H2,1-4H3. The van der Waals surface area contributed by atoms with Crippen molar-refractivity contribution >= 4 is 16.8 Å². The lowest BCUT2D eigenvalue weighted by Crippen LogP contribution is -2.25. The molecule has 0 aliphatic heterocycles. The number of hydrogen-bond donors (Lipinski definition) is 0. The third kappa shape index (κ3) is 2.89. The van der Waals surface area contributed by atoms with E-state index >= 15 is 0 Å². The van der Waals surface area contributed by atoms with Gasteiger partial charge in [0.1, 0.15) is 12.3 Å². The Morgan fingerprint density at radius 3 is 2.68 bits per heavy atom. The Balaban J connectivity index is 2.36. The molecule has 102 valence electrons. The lowest BCUT2D eigenvalue weighted by Gasteiger charge is -2.13. The van der Waals surface area contributed by atoms with Gasteiger partial charge in [0.2, 0.25) is 5.91 Å². The van der Waals surface area contributed by atoms with Crippen LogP contribution in [-0.4, -0.2) is 35.6 Å². The summed E-state index contributed by atoms with van der Waals surface area (Å²) in [6.07, 6.45) is 2.07. The zero-order chi connectivity index (χ0) is 14.0. The molecule has 2 rings (SSSR count). The molecule has 19 heavy (non-hydrogen) atoms. The van der Waals surface area contributed by atoms with Crippen molar-refractivity contribution < 1.29 is 9.53 Å². The maximum absolute atomic E-state index is 11.8. The van der Waals surface area contributed by atoms with Gasteiger partial charge in [-0.3, -0.25) is 4.79 Å². The topological polar surface area (TPSA) is 34.5 Å². The monoisotopic (exact) mass is 260 g/mol.